The summed E-state index contributed by atoms with van der Waals surface area (Å²) in [5.41, 5.74) is 0. The van der Waals surface area contributed by atoms with Crippen LogP contribution in [0, 0.1) is 0 Å². The molecule has 1 heterocycles. The number of likely N-dealkylation sites (N-methyl/N-ethyl adjacent to an activating group) is 1. The summed E-state index contributed by atoms with van der Waals surface area (Å²) in [5.74, 6) is 0.0399. The van der Waals surface area contributed by atoms with Crippen LogP contribution < -0.4 is 5.09 Å². The van der Waals surface area contributed by atoms with Crippen molar-refractivity contribution in [2.75, 3.05) is 33.7 Å². The van der Waals surface area contributed by atoms with Gasteiger partial charge in [0.15, 0.2) is 0 Å². The SMILES string of the molecule is CN[P+](=O)N(C)CCN1CC=CC1=O. The first-order chi connectivity index (χ1) is 6.65. The van der Waals surface area contributed by atoms with E-state index in [9.17, 15) is 9.36 Å². The molecule has 1 amide bonds. The van der Waals surface area contributed by atoms with E-state index in [2.05, 4.69) is 5.09 Å². The van der Waals surface area contributed by atoms with Crippen molar-refractivity contribution in [3.8, 4) is 0 Å². The number of nitrogens with one attached hydrogen (secondary N) is 1. The van der Waals surface area contributed by atoms with Gasteiger partial charge in [-0.1, -0.05) is 15.8 Å². The lowest BCUT2D eigenvalue weighted by Gasteiger charge is -2.15. The van der Waals surface area contributed by atoms with Gasteiger partial charge in [-0.25, -0.2) is 0 Å². The van der Waals surface area contributed by atoms with E-state index >= 15 is 0 Å². The zero-order valence-corrected chi connectivity index (χ0v) is 9.33. The van der Waals surface area contributed by atoms with E-state index < -0.39 is 8.10 Å². The lowest BCUT2D eigenvalue weighted by Crippen LogP contribution is -2.32. The highest BCUT2D eigenvalue weighted by Crippen LogP contribution is 2.17. The number of carbonyl (C=O) groups is 1. The second-order valence-corrected chi connectivity index (χ2v) is 4.74. The second kappa shape index (κ2) is 5.20. The summed E-state index contributed by atoms with van der Waals surface area (Å²) >= 11 is 0. The standard InChI is InChI=1S/C8H15N3O2P/c1-9-14(13)10(2)6-7-11-5-3-4-8(11)12/h3-4H,5-7H2,1-2H3,(H,9,13)/q+1. The van der Waals surface area contributed by atoms with Gasteiger partial charge in [0.25, 0.3) is 0 Å². The molecule has 14 heavy (non-hydrogen) atoms. The Balaban J connectivity index is 2.27. The van der Waals surface area contributed by atoms with E-state index in [0.717, 1.165) is 0 Å². The topological polar surface area (TPSA) is 52.7 Å². The highest BCUT2D eigenvalue weighted by atomic mass is 31.1. The molecule has 0 saturated heterocycles. The number of hydrogen-bond donors (Lipinski definition) is 1. The lowest BCUT2D eigenvalue weighted by atomic mass is 10.5. The molecule has 0 aromatic heterocycles. The maximum atomic E-state index is 11.2. The van der Waals surface area contributed by atoms with E-state index in [1.807, 2.05) is 6.08 Å². The van der Waals surface area contributed by atoms with Crippen LogP contribution in [0.4, 0.5) is 0 Å². The minimum Gasteiger partial charge on any atom is -0.334 e. The molecule has 1 unspecified atom stereocenters. The number of rotatable bonds is 5. The van der Waals surface area contributed by atoms with Crippen LogP contribution in [0.15, 0.2) is 12.2 Å². The van der Waals surface area contributed by atoms with Gasteiger partial charge in [0.1, 0.15) is 0 Å². The second-order valence-electron chi connectivity index (χ2n) is 3.06. The summed E-state index contributed by atoms with van der Waals surface area (Å²) in [7, 11) is 1.92. The monoisotopic (exact) mass is 216 g/mol. The Bertz CT molecular complexity index is 267. The Kier molecular flexibility index (Phi) is 4.20. The molecule has 6 heteroatoms. The molecule has 78 valence electrons. The first-order valence-corrected chi connectivity index (χ1v) is 5.67. The highest BCUT2D eigenvalue weighted by molar-refractivity contribution is 7.39. The van der Waals surface area contributed by atoms with Gasteiger partial charge < -0.3 is 4.90 Å². The van der Waals surface area contributed by atoms with Gasteiger partial charge >= 0.3 is 8.10 Å². The maximum absolute atomic E-state index is 11.2. The van der Waals surface area contributed by atoms with Crippen LogP contribution in [0.25, 0.3) is 0 Å². The molecule has 1 rings (SSSR count). The van der Waals surface area contributed by atoms with Crippen LogP contribution in [-0.4, -0.2) is 49.2 Å². The fourth-order valence-corrected chi connectivity index (χ4v) is 1.82. The zero-order chi connectivity index (χ0) is 10.6. The Morgan fingerprint density at radius 3 is 2.93 bits per heavy atom. The van der Waals surface area contributed by atoms with Gasteiger partial charge in [-0.3, -0.25) is 4.79 Å². The summed E-state index contributed by atoms with van der Waals surface area (Å²) in [6.45, 7) is 1.90. The summed E-state index contributed by atoms with van der Waals surface area (Å²) in [4.78, 5) is 12.9. The van der Waals surface area contributed by atoms with Crippen molar-refractivity contribution < 1.29 is 9.36 Å². The van der Waals surface area contributed by atoms with Crippen molar-refractivity contribution in [3.05, 3.63) is 12.2 Å². The summed E-state index contributed by atoms with van der Waals surface area (Å²) < 4.78 is 12.9. The molecule has 0 aliphatic carbocycles. The molecular formula is C8H15N3O2P+. The zero-order valence-electron chi connectivity index (χ0n) is 8.43. The van der Waals surface area contributed by atoms with Gasteiger partial charge in [0.05, 0.1) is 6.54 Å². The summed E-state index contributed by atoms with van der Waals surface area (Å²) in [6, 6.07) is 0. The van der Waals surface area contributed by atoms with Crippen LogP contribution in [0.5, 0.6) is 0 Å². The van der Waals surface area contributed by atoms with E-state index in [4.69, 9.17) is 0 Å². The van der Waals surface area contributed by atoms with Gasteiger partial charge in [0.2, 0.25) is 5.91 Å². The fraction of sp³-hybridized carbons (Fsp3) is 0.625. The van der Waals surface area contributed by atoms with Crippen LogP contribution in [0.3, 0.4) is 0 Å². The summed E-state index contributed by atoms with van der Waals surface area (Å²) in [6.07, 6.45) is 3.40. The van der Waals surface area contributed by atoms with Crippen LogP contribution in [0.1, 0.15) is 0 Å². The molecule has 0 radical (unpaired) electrons. The highest BCUT2D eigenvalue weighted by Gasteiger charge is 2.23. The molecule has 1 atom stereocenters. The smallest absolute Gasteiger partial charge is 0.334 e. The third-order valence-corrected chi connectivity index (χ3v) is 3.30. The summed E-state index contributed by atoms with van der Waals surface area (Å²) in [5, 5.41) is 2.67. The molecule has 1 aliphatic heterocycles. The minimum absolute atomic E-state index is 0.0399. The van der Waals surface area contributed by atoms with E-state index in [-0.39, 0.29) is 5.91 Å². The Morgan fingerprint density at radius 1 is 1.71 bits per heavy atom. The predicted octanol–water partition coefficient (Wildman–Crippen LogP) is 0.193. The Morgan fingerprint density at radius 2 is 2.43 bits per heavy atom. The average molecular weight is 216 g/mol. The van der Waals surface area contributed by atoms with Crippen molar-refractivity contribution in [2.24, 2.45) is 0 Å². The van der Waals surface area contributed by atoms with Crippen molar-refractivity contribution in [1.29, 1.82) is 0 Å². The molecule has 1 N–H and O–H groups in total. The number of amides is 1. The molecule has 1 aliphatic rings. The number of nitrogens with zero attached hydrogens (tertiary/aromatic N) is 2. The van der Waals surface area contributed by atoms with Crippen molar-refractivity contribution in [3.63, 3.8) is 0 Å². The maximum Gasteiger partial charge on any atom is 0.534 e. The first-order valence-electron chi connectivity index (χ1n) is 4.46. The van der Waals surface area contributed by atoms with Gasteiger partial charge in [-0.05, 0) is 4.57 Å². The van der Waals surface area contributed by atoms with Gasteiger partial charge in [0, 0.05) is 33.3 Å². The quantitative estimate of drug-likeness (QED) is 0.667. The van der Waals surface area contributed by atoms with Gasteiger partial charge in [-0.2, -0.15) is 0 Å². The normalized spacial score (nSPS) is 16.9. The molecule has 0 aromatic carbocycles. The molecular weight excluding hydrogens is 201 g/mol. The predicted molar refractivity (Wildman–Crippen MR) is 55.0 cm³/mol. The minimum atomic E-state index is -1.50. The molecule has 0 bridgehead atoms. The van der Waals surface area contributed by atoms with E-state index in [0.29, 0.717) is 19.6 Å². The number of carbonyl (C=O) groups excluding carboxylic acids is 1. The fourth-order valence-electron chi connectivity index (χ4n) is 1.20. The van der Waals surface area contributed by atoms with Crippen LogP contribution >= 0.6 is 8.10 Å². The first kappa shape index (κ1) is 11.3. The molecule has 0 fully saturated rings. The lowest BCUT2D eigenvalue weighted by molar-refractivity contribution is -0.124. The van der Waals surface area contributed by atoms with Gasteiger partial charge in [-0.15, -0.1) is 0 Å². The average Bonchev–Trinajstić information content (AvgIpc) is 2.59. The van der Waals surface area contributed by atoms with Crippen molar-refractivity contribution in [2.45, 2.75) is 0 Å². The van der Waals surface area contributed by atoms with E-state index in [1.165, 1.54) is 0 Å². The Hall–Kier alpha value is -0.770. The molecule has 0 spiro atoms. The third-order valence-electron chi connectivity index (χ3n) is 2.09. The molecule has 5 nitrogen and oxygen atoms in total. The number of hydrogen-bond acceptors (Lipinski definition) is 2. The Labute approximate surface area is 84.6 Å². The van der Waals surface area contributed by atoms with Crippen molar-refractivity contribution in [1.82, 2.24) is 14.7 Å². The van der Waals surface area contributed by atoms with Crippen LogP contribution in [0.2, 0.25) is 0 Å². The largest absolute Gasteiger partial charge is 0.534 e. The van der Waals surface area contributed by atoms with E-state index in [1.54, 1.807) is 29.7 Å². The third kappa shape index (κ3) is 2.87. The van der Waals surface area contributed by atoms with Crippen molar-refractivity contribution >= 4 is 14.0 Å². The molecule has 0 aromatic rings. The van der Waals surface area contributed by atoms with Crippen LogP contribution in [-0.2, 0) is 9.36 Å². The molecule has 0 saturated carbocycles.